The average Bonchev–Trinajstić information content (AvgIpc) is 3.55. The monoisotopic (exact) mass is 596 g/mol. The number of unbranched alkanes of at least 4 members (excludes halogenated alkanes) is 1. The molecule has 228 valence electrons. The van der Waals surface area contributed by atoms with Crippen LogP contribution in [0.25, 0.3) is 0 Å². The van der Waals surface area contributed by atoms with E-state index in [-0.39, 0.29) is 31.1 Å². The van der Waals surface area contributed by atoms with E-state index in [1.54, 1.807) is 24.2 Å². The number of aryl methyl sites for hydroxylation is 3. The Kier molecular flexibility index (Phi) is 9.42. The van der Waals surface area contributed by atoms with Gasteiger partial charge in [0.2, 0.25) is 0 Å². The molecule has 1 N–H and O–H groups in total. The van der Waals surface area contributed by atoms with Gasteiger partial charge in [-0.1, -0.05) is 6.07 Å². The number of carbonyl (C=O) groups is 1. The molecule has 0 amide bonds. The number of carboxylic acid groups (broad SMARTS) is 1. The van der Waals surface area contributed by atoms with E-state index in [2.05, 4.69) is 22.1 Å². The number of carboxylic acids is 1. The lowest BCUT2D eigenvalue weighted by Gasteiger charge is -2.30. The molecule has 0 saturated carbocycles. The first-order chi connectivity index (χ1) is 19.7. The van der Waals surface area contributed by atoms with Crippen LogP contribution in [0, 0.1) is 0 Å². The molecule has 6 nitrogen and oxygen atoms in total. The number of nitrogens with zero attached hydrogens (tertiary/aromatic N) is 4. The Morgan fingerprint density at radius 1 is 0.929 bits per heavy atom. The minimum atomic E-state index is -4.94. The Labute approximate surface area is 240 Å². The lowest BCUT2D eigenvalue weighted by Crippen LogP contribution is -2.29. The first-order valence-corrected chi connectivity index (χ1v) is 13.9. The number of anilines is 2. The maximum Gasteiger partial charge on any atom is 0.416 e. The van der Waals surface area contributed by atoms with Gasteiger partial charge >= 0.3 is 18.3 Å². The molecule has 1 aliphatic rings. The molecule has 12 heteroatoms. The van der Waals surface area contributed by atoms with Gasteiger partial charge in [0.05, 0.1) is 11.1 Å². The van der Waals surface area contributed by atoms with Crippen molar-refractivity contribution in [3.05, 3.63) is 76.0 Å². The summed E-state index contributed by atoms with van der Waals surface area (Å²) in [6.07, 6.45) is -4.17. The fraction of sp³-hybridized carbons (Fsp3) is 0.467. The number of aromatic nitrogens is 2. The van der Waals surface area contributed by atoms with Gasteiger partial charge < -0.3 is 14.9 Å². The molecule has 1 heterocycles. The largest absolute Gasteiger partial charge is 0.481 e. The molecule has 0 fully saturated rings. The highest BCUT2D eigenvalue weighted by atomic mass is 19.4. The van der Waals surface area contributed by atoms with Crippen molar-refractivity contribution < 1.29 is 36.2 Å². The third-order valence-corrected chi connectivity index (χ3v) is 7.49. The first kappa shape index (κ1) is 31.2. The topological polar surface area (TPSA) is 61.6 Å². The first-order valence-electron chi connectivity index (χ1n) is 13.9. The van der Waals surface area contributed by atoms with Crippen LogP contribution in [-0.4, -0.2) is 33.9 Å². The number of halogens is 6. The molecule has 0 radical (unpaired) electrons. The molecule has 2 aromatic carbocycles. The van der Waals surface area contributed by atoms with Crippen molar-refractivity contribution in [1.82, 2.24) is 9.78 Å². The molecule has 0 spiro atoms. The van der Waals surface area contributed by atoms with Gasteiger partial charge in [-0.2, -0.15) is 31.4 Å². The smallest absolute Gasteiger partial charge is 0.416 e. The van der Waals surface area contributed by atoms with Gasteiger partial charge in [0, 0.05) is 57.6 Å². The van der Waals surface area contributed by atoms with Gasteiger partial charge in [0.25, 0.3) is 0 Å². The van der Waals surface area contributed by atoms with Crippen LogP contribution in [0.5, 0.6) is 0 Å². The highest BCUT2D eigenvalue weighted by Crippen LogP contribution is 2.38. The molecular formula is C30H34F6N4O2. The summed E-state index contributed by atoms with van der Waals surface area (Å²) in [6, 6.07) is 7.54. The highest BCUT2D eigenvalue weighted by Gasteiger charge is 2.37. The van der Waals surface area contributed by atoms with Crippen molar-refractivity contribution in [3.8, 4) is 0 Å². The second kappa shape index (κ2) is 12.7. The standard InChI is InChI=1S/C30H34F6N4O2/c1-3-39(11-5-4-9-28(41)42)26-16-22-8-6-7-21(22)15-23(26)19-40(27-10-12-38(2)37-27)18-20-13-24(29(31,32)33)17-25(14-20)30(34,35)36/h10,12-17H,3-9,11,18-19H2,1-2H3,(H,41,42). The molecule has 0 saturated heterocycles. The summed E-state index contributed by atoms with van der Waals surface area (Å²) in [7, 11) is 1.69. The van der Waals surface area contributed by atoms with E-state index in [1.807, 2.05) is 6.92 Å². The normalized spacial score (nSPS) is 13.3. The Morgan fingerprint density at radius 3 is 2.12 bits per heavy atom. The van der Waals surface area contributed by atoms with Gasteiger partial charge in [0.1, 0.15) is 0 Å². The summed E-state index contributed by atoms with van der Waals surface area (Å²) in [5.74, 6) is -0.440. The average molecular weight is 597 g/mol. The van der Waals surface area contributed by atoms with Crippen LogP contribution in [0.1, 0.15) is 66.0 Å². The van der Waals surface area contributed by atoms with Crippen LogP contribution in [0.15, 0.2) is 42.6 Å². The predicted molar refractivity (Wildman–Crippen MR) is 147 cm³/mol. The zero-order valence-electron chi connectivity index (χ0n) is 23.5. The fourth-order valence-corrected chi connectivity index (χ4v) is 5.44. The van der Waals surface area contributed by atoms with E-state index in [4.69, 9.17) is 5.11 Å². The molecular weight excluding hydrogens is 562 g/mol. The van der Waals surface area contributed by atoms with Crippen LogP contribution in [-0.2, 0) is 50.1 Å². The Balaban J connectivity index is 1.73. The fourth-order valence-electron chi connectivity index (χ4n) is 5.44. The molecule has 3 aromatic rings. The second-order valence-corrected chi connectivity index (χ2v) is 10.7. The molecule has 4 rings (SSSR count). The lowest BCUT2D eigenvalue weighted by molar-refractivity contribution is -0.143. The maximum absolute atomic E-state index is 13.6. The number of hydrogen-bond acceptors (Lipinski definition) is 4. The van der Waals surface area contributed by atoms with E-state index >= 15 is 0 Å². The van der Waals surface area contributed by atoms with E-state index in [1.165, 1.54) is 15.8 Å². The molecule has 1 aromatic heterocycles. The third-order valence-electron chi connectivity index (χ3n) is 7.49. The molecule has 1 aliphatic carbocycles. The van der Waals surface area contributed by atoms with Crippen molar-refractivity contribution in [2.75, 3.05) is 22.9 Å². The summed E-state index contributed by atoms with van der Waals surface area (Å²) < 4.78 is 83.1. The molecule has 42 heavy (non-hydrogen) atoms. The van der Waals surface area contributed by atoms with Gasteiger partial charge in [-0.25, -0.2) is 0 Å². The number of hydrogen-bond donors (Lipinski definition) is 1. The maximum atomic E-state index is 13.6. The van der Waals surface area contributed by atoms with Gasteiger partial charge in [-0.05, 0) is 85.5 Å². The van der Waals surface area contributed by atoms with E-state index in [0.29, 0.717) is 31.7 Å². The minimum absolute atomic E-state index is 0.0684. The Morgan fingerprint density at radius 2 is 1.57 bits per heavy atom. The SMILES string of the molecule is CCN(CCCCC(=O)O)c1cc2c(cc1CN(Cc1cc(C(F)(F)F)cc(C(F)(F)F)c1)c1ccn(C)n1)CCC2. The van der Waals surface area contributed by atoms with Crippen LogP contribution < -0.4 is 9.80 Å². The van der Waals surface area contributed by atoms with E-state index in [9.17, 15) is 31.1 Å². The van der Waals surface area contributed by atoms with Crippen molar-refractivity contribution in [2.24, 2.45) is 7.05 Å². The Hall–Kier alpha value is -3.70. The Bertz CT molecular complexity index is 1370. The summed E-state index contributed by atoms with van der Waals surface area (Å²) in [4.78, 5) is 14.8. The summed E-state index contributed by atoms with van der Waals surface area (Å²) >= 11 is 0. The molecule has 0 aliphatic heterocycles. The number of aliphatic carboxylic acids is 1. The van der Waals surface area contributed by atoms with Gasteiger partial charge in [0.15, 0.2) is 5.82 Å². The molecule has 0 unspecified atom stereocenters. The van der Waals surface area contributed by atoms with Crippen molar-refractivity contribution in [2.45, 2.75) is 70.9 Å². The number of alkyl halides is 6. The quantitative estimate of drug-likeness (QED) is 0.177. The number of fused-ring (bicyclic) bond motifs is 1. The zero-order valence-corrected chi connectivity index (χ0v) is 23.5. The van der Waals surface area contributed by atoms with Crippen LogP contribution in [0.2, 0.25) is 0 Å². The van der Waals surface area contributed by atoms with E-state index in [0.717, 1.165) is 42.6 Å². The van der Waals surface area contributed by atoms with Crippen molar-refractivity contribution in [3.63, 3.8) is 0 Å². The van der Waals surface area contributed by atoms with Crippen molar-refractivity contribution in [1.29, 1.82) is 0 Å². The summed E-state index contributed by atoms with van der Waals surface area (Å²) in [5.41, 5.74) is 1.35. The predicted octanol–water partition coefficient (Wildman–Crippen LogP) is 7.23. The number of benzene rings is 2. The molecule has 0 atom stereocenters. The third kappa shape index (κ3) is 7.77. The lowest BCUT2D eigenvalue weighted by atomic mass is 10.0. The summed E-state index contributed by atoms with van der Waals surface area (Å²) in [6.45, 7) is 3.22. The van der Waals surface area contributed by atoms with Crippen LogP contribution >= 0.6 is 0 Å². The summed E-state index contributed by atoms with van der Waals surface area (Å²) in [5, 5.41) is 13.4. The van der Waals surface area contributed by atoms with Crippen LogP contribution in [0.3, 0.4) is 0 Å². The second-order valence-electron chi connectivity index (χ2n) is 10.7. The number of rotatable bonds is 12. The van der Waals surface area contributed by atoms with E-state index < -0.39 is 29.4 Å². The van der Waals surface area contributed by atoms with Crippen molar-refractivity contribution >= 4 is 17.5 Å². The van der Waals surface area contributed by atoms with Gasteiger partial charge in [-0.15, -0.1) is 0 Å². The van der Waals surface area contributed by atoms with Gasteiger partial charge in [-0.3, -0.25) is 9.48 Å². The van der Waals surface area contributed by atoms with Crippen LogP contribution in [0.4, 0.5) is 37.8 Å². The zero-order chi connectivity index (χ0) is 30.7. The minimum Gasteiger partial charge on any atom is -0.481 e. The molecule has 0 bridgehead atoms. The highest BCUT2D eigenvalue weighted by molar-refractivity contribution is 5.66.